The molecular formula is C20H20BrN3O3. The number of rotatable bonds is 8. The second kappa shape index (κ2) is 8.87. The maximum atomic E-state index is 12.8. The van der Waals surface area contributed by atoms with Crippen LogP contribution in [-0.4, -0.2) is 35.0 Å². The van der Waals surface area contributed by atoms with Crippen LogP contribution in [0, 0.1) is 11.3 Å². The van der Waals surface area contributed by atoms with Crippen LogP contribution in [-0.2, 0) is 11.3 Å². The molecular weight excluding hydrogens is 410 g/mol. The number of carbonyl (C=O) groups is 1. The molecule has 0 atom stereocenters. The molecule has 0 unspecified atom stereocenters. The molecule has 1 heterocycles. The Hall–Kier alpha value is -2.59. The lowest BCUT2D eigenvalue weighted by Gasteiger charge is -2.23. The Labute approximate surface area is 166 Å². The molecule has 1 aliphatic carbocycles. The smallest absolute Gasteiger partial charge is 0.261 e. The van der Waals surface area contributed by atoms with Crippen molar-refractivity contribution in [2.75, 3.05) is 13.2 Å². The van der Waals surface area contributed by atoms with Crippen molar-refractivity contribution in [2.24, 2.45) is 0 Å². The molecule has 6 nitrogen and oxygen atoms in total. The largest absolute Gasteiger partial charge is 0.490 e. The first-order valence-electron chi connectivity index (χ1n) is 8.81. The van der Waals surface area contributed by atoms with Crippen molar-refractivity contribution in [1.29, 1.82) is 5.26 Å². The van der Waals surface area contributed by atoms with Gasteiger partial charge in [-0.2, -0.15) is 5.26 Å². The van der Waals surface area contributed by atoms with E-state index >= 15 is 0 Å². The lowest BCUT2D eigenvalue weighted by Crippen LogP contribution is -2.36. The zero-order valence-corrected chi connectivity index (χ0v) is 16.6. The second-order valence-electron chi connectivity index (χ2n) is 6.19. The van der Waals surface area contributed by atoms with Crippen LogP contribution in [0.25, 0.3) is 0 Å². The highest BCUT2D eigenvalue weighted by molar-refractivity contribution is 9.10. The van der Waals surface area contributed by atoms with Crippen LogP contribution in [0.4, 0.5) is 0 Å². The molecule has 1 amide bonds. The summed E-state index contributed by atoms with van der Waals surface area (Å²) in [5.41, 5.74) is 1.31. The highest BCUT2D eigenvalue weighted by Crippen LogP contribution is 2.37. The molecule has 3 rings (SSSR count). The Kier molecular flexibility index (Phi) is 6.30. The monoisotopic (exact) mass is 429 g/mol. The maximum absolute atomic E-state index is 12.8. The third-order valence-electron chi connectivity index (χ3n) is 4.14. The van der Waals surface area contributed by atoms with E-state index < -0.39 is 0 Å². The van der Waals surface area contributed by atoms with E-state index in [9.17, 15) is 4.79 Å². The topological polar surface area (TPSA) is 75.5 Å². The molecule has 2 aromatic rings. The van der Waals surface area contributed by atoms with Crippen molar-refractivity contribution < 1.29 is 14.3 Å². The summed E-state index contributed by atoms with van der Waals surface area (Å²) in [6, 6.07) is 11.3. The van der Waals surface area contributed by atoms with Gasteiger partial charge in [-0.25, -0.2) is 0 Å². The second-order valence-corrected chi connectivity index (χ2v) is 7.05. The molecule has 1 aromatic heterocycles. The van der Waals surface area contributed by atoms with Crippen LogP contribution in [0.15, 0.2) is 41.0 Å². The standard InChI is InChI=1S/C20H20BrN3O3/c1-2-26-18-10-14(11-22)9-17(21)20(18)27-13-19(25)24(16-6-7-16)12-15-5-3-4-8-23-15/h3-5,8-10,16H,2,6-7,12-13H2,1H3. The number of hydrogen-bond acceptors (Lipinski definition) is 5. The Morgan fingerprint density at radius 1 is 1.37 bits per heavy atom. The van der Waals surface area contributed by atoms with E-state index in [2.05, 4.69) is 27.0 Å². The van der Waals surface area contributed by atoms with Gasteiger partial charge in [0.2, 0.25) is 0 Å². The van der Waals surface area contributed by atoms with Gasteiger partial charge in [-0.1, -0.05) is 6.07 Å². The van der Waals surface area contributed by atoms with Gasteiger partial charge in [-0.05, 0) is 53.9 Å². The quantitative estimate of drug-likeness (QED) is 0.639. The molecule has 1 saturated carbocycles. The van der Waals surface area contributed by atoms with Crippen molar-refractivity contribution >= 4 is 21.8 Å². The fourth-order valence-electron chi connectivity index (χ4n) is 2.73. The van der Waals surface area contributed by atoms with Gasteiger partial charge in [0.25, 0.3) is 5.91 Å². The van der Waals surface area contributed by atoms with Gasteiger partial charge in [0, 0.05) is 18.3 Å². The van der Waals surface area contributed by atoms with E-state index in [1.165, 1.54) is 0 Å². The minimum atomic E-state index is -0.103. The van der Waals surface area contributed by atoms with Gasteiger partial charge in [-0.15, -0.1) is 0 Å². The zero-order chi connectivity index (χ0) is 19.2. The Morgan fingerprint density at radius 3 is 2.81 bits per heavy atom. The van der Waals surface area contributed by atoms with Crippen molar-refractivity contribution in [3.05, 3.63) is 52.3 Å². The fraction of sp³-hybridized carbons (Fsp3) is 0.350. The maximum Gasteiger partial charge on any atom is 0.261 e. The molecule has 0 bridgehead atoms. The molecule has 0 radical (unpaired) electrons. The highest BCUT2D eigenvalue weighted by Gasteiger charge is 2.33. The zero-order valence-electron chi connectivity index (χ0n) is 15.0. The minimum absolute atomic E-state index is 0.0955. The Morgan fingerprint density at radius 2 is 2.19 bits per heavy atom. The minimum Gasteiger partial charge on any atom is -0.490 e. The van der Waals surface area contributed by atoms with E-state index in [0.29, 0.717) is 34.7 Å². The van der Waals surface area contributed by atoms with Crippen molar-refractivity contribution in [2.45, 2.75) is 32.4 Å². The van der Waals surface area contributed by atoms with E-state index in [0.717, 1.165) is 18.5 Å². The Balaban J connectivity index is 1.71. The van der Waals surface area contributed by atoms with Gasteiger partial charge in [0.15, 0.2) is 18.1 Å². The molecule has 27 heavy (non-hydrogen) atoms. The van der Waals surface area contributed by atoms with E-state index in [-0.39, 0.29) is 18.6 Å². The molecule has 1 aliphatic rings. The number of halogens is 1. The van der Waals surface area contributed by atoms with Crippen LogP contribution in [0.3, 0.4) is 0 Å². The average Bonchev–Trinajstić information content (AvgIpc) is 3.51. The lowest BCUT2D eigenvalue weighted by molar-refractivity contribution is -0.134. The molecule has 0 spiro atoms. The predicted molar refractivity (Wildman–Crippen MR) is 103 cm³/mol. The number of nitrogens with zero attached hydrogens (tertiary/aromatic N) is 3. The molecule has 0 saturated heterocycles. The Bertz CT molecular complexity index is 848. The summed E-state index contributed by atoms with van der Waals surface area (Å²) in [5, 5.41) is 9.11. The van der Waals surface area contributed by atoms with Gasteiger partial charge in [0.1, 0.15) is 0 Å². The highest BCUT2D eigenvalue weighted by atomic mass is 79.9. The molecule has 0 aliphatic heterocycles. The summed E-state index contributed by atoms with van der Waals surface area (Å²) >= 11 is 3.40. The average molecular weight is 430 g/mol. The van der Waals surface area contributed by atoms with Gasteiger partial charge >= 0.3 is 0 Å². The SMILES string of the molecule is CCOc1cc(C#N)cc(Br)c1OCC(=O)N(Cc1ccccn1)C1CC1. The summed E-state index contributed by atoms with van der Waals surface area (Å²) in [4.78, 5) is 18.9. The third kappa shape index (κ3) is 4.98. The number of amides is 1. The van der Waals surface area contributed by atoms with Crippen LogP contribution in [0.2, 0.25) is 0 Å². The number of aromatic nitrogens is 1. The van der Waals surface area contributed by atoms with Crippen molar-refractivity contribution in [3.63, 3.8) is 0 Å². The van der Waals surface area contributed by atoms with Crippen molar-refractivity contribution in [1.82, 2.24) is 9.88 Å². The number of carbonyl (C=O) groups excluding carboxylic acids is 1. The molecule has 1 fully saturated rings. The van der Waals surface area contributed by atoms with E-state index in [1.807, 2.05) is 30.0 Å². The lowest BCUT2D eigenvalue weighted by atomic mass is 10.2. The van der Waals surface area contributed by atoms with Crippen LogP contribution in [0.1, 0.15) is 31.0 Å². The fourth-order valence-corrected chi connectivity index (χ4v) is 3.28. The molecule has 140 valence electrons. The number of ether oxygens (including phenoxy) is 2. The van der Waals surface area contributed by atoms with Gasteiger partial charge in [0.05, 0.1) is 35.0 Å². The van der Waals surface area contributed by atoms with Crippen LogP contribution < -0.4 is 9.47 Å². The van der Waals surface area contributed by atoms with Crippen LogP contribution in [0.5, 0.6) is 11.5 Å². The summed E-state index contributed by atoms with van der Waals surface area (Å²) < 4.78 is 11.9. The summed E-state index contributed by atoms with van der Waals surface area (Å²) in [7, 11) is 0. The summed E-state index contributed by atoms with van der Waals surface area (Å²) in [6.07, 6.45) is 3.73. The number of benzene rings is 1. The first kappa shape index (κ1) is 19.2. The number of pyridine rings is 1. The predicted octanol–water partition coefficient (Wildman–Crippen LogP) is 3.68. The third-order valence-corrected chi connectivity index (χ3v) is 4.73. The molecule has 7 heteroatoms. The van der Waals surface area contributed by atoms with Gasteiger partial charge < -0.3 is 14.4 Å². The first-order valence-corrected chi connectivity index (χ1v) is 9.60. The summed E-state index contributed by atoms with van der Waals surface area (Å²) in [6.45, 7) is 2.65. The van der Waals surface area contributed by atoms with Gasteiger partial charge in [-0.3, -0.25) is 9.78 Å². The number of nitriles is 1. The molecule has 1 aromatic carbocycles. The van der Waals surface area contributed by atoms with E-state index in [1.54, 1.807) is 18.3 Å². The van der Waals surface area contributed by atoms with Crippen LogP contribution >= 0.6 is 15.9 Å². The molecule has 0 N–H and O–H groups in total. The number of hydrogen-bond donors (Lipinski definition) is 0. The van der Waals surface area contributed by atoms with E-state index in [4.69, 9.17) is 14.7 Å². The first-order chi connectivity index (χ1) is 13.1. The normalized spacial score (nSPS) is 12.9. The summed E-state index contributed by atoms with van der Waals surface area (Å²) in [5.74, 6) is 0.776. The van der Waals surface area contributed by atoms with Crippen molar-refractivity contribution in [3.8, 4) is 17.6 Å².